The molecule has 8 nitrogen and oxygen atoms in total. The summed E-state index contributed by atoms with van der Waals surface area (Å²) in [4.78, 5) is 53.4. The molecular weight excluding hydrogens is 432 g/mol. The molecule has 194 valence electrons. The third kappa shape index (κ3) is 6.45. The number of hydrogen-bond acceptors (Lipinski definition) is 6. The van der Waals surface area contributed by atoms with Crippen LogP contribution in [0.1, 0.15) is 107 Å². The Morgan fingerprint density at radius 1 is 0.441 bits per heavy atom. The van der Waals surface area contributed by atoms with Crippen LogP contribution in [-0.2, 0) is 19.2 Å². The monoisotopic (exact) mass is 478 g/mol. The Morgan fingerprint density at radius 3 is 0.882 bits per heavy atom. The van der Waals surface area contributed by atoms with Crippen molar-refractivity contribution in [3.63, 3.8) is 0 Å². The predicted octanol–water partition coefficient (Wildman–Crippen LogP) is 3.14. The first kappa shape index (κ1) is 28.4. The molecule has 2 heterocycles. The van der Waals surface area contributed by atoms with Crippen LogP contribution in [0.5, 0.6) is 0 Å². The molecule has 8 heteroatoms. The molecule has 4 amide bonds. The summed E-state index contributed by atoms with van der Waals surface area (Å²) in [5.74, 6) is -0.592. The molecule has 0 spiro atoms. The largest absolute Gasteiger partial charge is 0.290 e. The van der Waals surface area contributed by atoms with Crippen molar-refractivity contribution in [1.82, 2.24) is 20.4 Å². The zero-order chi connectivity index (χ0) is 25.9. The fourth-order valence-electron chi connectivity index (χ4n) is 5.32. The lowest BCUT2D eigenvalue weighted by atomic mass is 9.89. The van der Waals surface area contributed by atoms with Crippen molar-refractivity contribution in [1.29, 1.82) is 0 Å². The van der Waals surface area contributed by atoms with E-state index in [4.69, 9.17) is 0 Å². The van der Waals surface area contributed by atoms with E-state index in [2.05, 4.69) is 10.6 Å². The summed E-state index contributed by atoms with van der Waals surface area (Å²) >= 11 is 0. The van der Waals surface area contributed by atoms with E-state index in [9.17, 15) is 19.2 Å². The third-order valence-corrected chi connectivity index (χ3v) is 6.88. The number of piperazine rings is 2. The summed E-state index contributed by atoms with van der Waals surface area (Å²) < 4.78 is 0. The summed E-state index contributed by atoms with van der Waals surface area (Å²) in [6.07, 6.45) is 7.96. The van der Waals surface area contributed by atoms with Gasteiger partial charge in [0.25, 0.3) is 0 Å². The van der Waals surface area contributed by atoms with E-state index < -0.39 is 22.2 Å². The van der Waals surface area contributed by atoms with Crippen LogP contribution < -0.4 is 10.6 Å². The quantitative estimate of drug-likeness (QED) is 0.350. The van der Waals surface area contributed by atoms with E-state index in [0.717, 1.165) is 51.4 Å². The van der Waals surface area contributed by atoms with Gasteiger partial charge in [-0.25, -0.2) is 0 Å². The van der Waals surface area contributed by atoms with Crippen LogP contribution in [0.25, 0.3) is 0 Å². The lowest BCUT2D eigenvalue weighted by molar-refractivity contribution is -0.160. The second kappa shape index (κ2) is 10.4. The smallest absolute Gasteiger partial charge is 0.248 e. The van der Waals surface area contributed by atoms with E-state index >= 15 is 0 Å². The first-order valence-corrected chi connectivity index (χ1v) is 12.8. The molecule has 0 aromatic carbocycles. The molecule has 0 aliphatic carbocycles. The van der Waals surface area contributed by atoms with Crippen LogP contribution in [0.15, 0.2) is 0 Å². The Kier molecular flexibility index (Phi) is 8.73. The number of nitrogens with one attached hydrogen (secondary N) is 2. The Bertz CT molecular complexity index is 683. The average Bonchev–Trinajstić information content (AvgIpc) is 2.70. The van der Waals surface area contributed by atoms with E-state index in [1.54, 1.807) is 0 Å². The maximum atomic E-state index is 12.6. The van der Waals surface area contributed by atoms with Gasteiger partial charge in [-0.15, -0.1) is 0 Å². The second-order valence-electron chi connectivity index (χ2n) is 12.1. The van der Waals surface area contributed by atoms with E-state index in [1.165, 1.54) is 9.80 Å². The normalized spacial score (nSPS) is 23.5. The number of imide groups is 2. The van der Waals surface area contributed by atoms with Gasteiger partial charge in [-0.2, -0.15) is 0 Å². The fraction of sp³-hybridized carbons (Fsp3) is 0.846. The van der Waals surface area contributed by atoms with E-state index in [-0.39, 0.29) is 23.6 Å². The number of carbonyl (C=O) groups excluding carboxylic acids is 4. The summed E-state index contributed by atoms with van der Waals surface area (Å²) in [6.45, 7) is 15.6. The Hall–Kier alpha value is -1.80. The van der Waals surface area contributed by atoms with Gasteiger partial charge >= 0.3 is 0 Å². The molecule has 0 saturated carbocycles. The number of unbranched alkanes of at least 4 members (excludes halogenated alkanes) is 7. The van der Waals surface area contributed by atoms with Crippen LogP contribution in [0, 0.1) is 0 Å². The van der Waals surface area contributed by atoms with Gasteiger partial charge in [0.2, 0.25) is 23.6 Å². The van der Waals surface area contributed by atoms with Gasteiger partial charge in [-0.1, -0.05) is 38.5 Å². The molecular formula is C26H46N4O4. The molecule has 2 aliphatic rings. The Labute approximate surface area is 205 Å². The highest BCUT2D eigenvalue weighted by Gasteiger charge is 2.50. The molecule has 2 rings (SSSR count). The van der Waals surface area contributed by atoms with Gasteiger partial charge in [-0.05, 0) is 68.2 Å². The highest BCUT2D eigenvalue weighted by Crippen LogP contribution is 2.25. The number of rotatable bonds is 11. The molecule has 0 atom stereocenters. The average molecular weight is 479 g/mol. The molecule has 34 heavy (non-hydrogen) atoms. The molecule has 0 aromatic rings. The third-order valence-electron chi connectivity index (χ3n) is 6.88. The van der Waals surface area contributed by atoms with E-state index in [0.29, 0.717) is 13.1 Å². The number of hydrogen-bond donors (Lipinski definition) is 2. The molecule has 2 aliphatic heterocycles. The van der Waals surface area contributed by atoms with Gasteiger partial charge < -0.3 is 0 Å². The minimum atomic E-state index is -0.733. The lowest BCUT2D eigenvalue weighted by Gasteiger charge is -2.45. The number of nitrogens with zero attached hydrogens (tertiary/aromatic N) is 2. The summed E-state index contributed by atoms with van der Waals surface area (Å²) in [5, 5.41) is 6.29. The summed E-state index contributed by atoms with van der Waals surface area (Å²) in [7, 11) is 0. The van der Waals surface area contributed by atoms with Crippen LogP contribution >= 0.6 is 0 Å². The van der Waals surface area contributed by atoms with Crippen LogP contribution in [0.2, 0.25) is 0 Å². The Morgan fingerprint density at radius 2 is 0.647 bits per heavy atom. The predicted molar refractivity (Wildman–Crippen MR) is 133 cm³/mol. The molecule has 2 fully saturated rings. The molecule has 0 bridgehead atoms. The standard InChI is InChI=1S/C26H46N4O4/c1-23(2)19(31)29(20(32)24(3,4)27-23)17-15-13-11-9-10-12-14-16-18-30-21(33)25(5,6)28-26(7,8)22(30)34/h27-28H,9-18H2,1-8H3. The van der Waals surface area contributed by atoms with Crippen molar-refractivity contribution >= 4 is 23.6 Å². The fourth-order valence-corrected chi connectivity index (χ4v) is 5.32. The van der Waals surface area contributed by atoms with Crippen LogP contribution in [0.3, 0.4) is 0 Å². The molecule has 2 N–H and O–H groups in total. The molecule has 0 unspecified atom stereocenters. The minimum Gasteiger partial charge on any atom is -0.290 e. The zero-order valence-electron chi connectivity index (χ0n) is 22.6. The maximum Gasteiger partial charge on any atom is 0.248 e. The number of carbonyl (C=O) groups is 4. The van der Waals surface area contributed by atoms with Crippen molar-refractivity contribution < 1.29 is 19.2 Å². The second-order valence-corrected chi connectivity index (χ2v) is 12.1. The highest BCUT2D eigenvalue weighted by atomic mass is 16.2. The Balaban J connectivity index is 1.62. The van der Waals surface area contributed by atoms with Crippen molar-refractivity contribution in [2.75, 3.05) is 13.1 Å². The van der Waals surface area contributed by atoms with Gasteiger partial charge in [0.1, 0.15) is 0 Å². The van der Waals surface area contributed by atoms with Gasteiger partial charge in [-0.3, -0.25) is 39.6 Å². The zero-order valence-corrected chi connectivity index (χ0v) is 22.6. The summed E-state index contributed by atoms with van der Waals surface area (Å²) in [6, 6.07) is 0. The minimum absolute atomic E-state index is 0.148. The van der Waals surface area contributed by atoms with Crippen molar-refractivity contribution in [3.05, 3.63) is 0 Å². The van der Waals surface area contributed by atoms with Crippen molar-refractivity contribution in [2.24, 2.45) is 0 Å². The van der Waals surface area contributed by atoms with Gasteiger partial charge in [0, 0.05) is 13.1 Å². The number of amides is 4. The molecule has 0 radical (unpaired) electrons. The SMILES string of the molecule is CC1(C)NC(C)(C)C(=O)N(CCCCCCCCCCN2C(=O)C(C)(C)NC(C)(C)C2=O)C1=O. The van der Waals surface area contributed by atoms with Gasteiger partial charge in [0.05, 0.1) is 22.2 Å². The van der Waals surface area contributed by atoms with E-state index in [1.807, 2.05) is 55.4 Å². The van der Waals surface area contributed by atoms with Crippen molar-refractivity contribution in [2.45, 2.75) is 129 Å². The summed E-state index contributed by atoms with van der Waals surface area (Å²) in [5.41, 5.74) is -2.93. The maximum absolute atomic E-state index is 12.6. The lowest BCUT2D eigenvalue weighted by Crippen LogP contribution is -2.72. The highest BCUT2D eigenvalue weighted by molar-refractivity contribution is 6.06. The van der Waals surface area contributed by atoms with Crippen molar-refractivity contribution in [3.8, 4) is 0 Å². The van der Waals surface area contributed by atoms with Crippen LogP contribution in [-0.4, -0.2) is 68.7 Å². The van der Waals surface area contributed by atoms with Gasteiger partial charge in [0.15, 0.2) is 0 Å². The molecule has 0 aromatic heterocycles. The first-order valence-electron chi connectivity index (χ1n) is 12.8. The first-order chi connectivity index (χ1) is 15.5. The molecule has 2 saturated heterocycles. The van der Waals surface area contributed by atoms with Crippen LogP contribution in [0.4, 0.5) is 0 Å². The topological polar surface area (TPSA) is 98.8 Å².